The Labute approximate surface area is 156 Å². The molecular weight excluding hydrogens is 340 g/mol. The Balaban J connectivity index is 1.75. The molecule has 7 heteroatoms. The van der Waals surface area contributed by atoms with Crippen molar-refractivity contribution in [3.8, 4) is 11.6 Å². The van der Waals surface area contributed by atoms with E-state index < -0.39 is 0 Å². The van der Waals surface area contributed by atoms with Gasteiger partial charge in [0.2, 0.25) is 5.95 Å². The molecule has 3 N–H and O–H groups in total. The molecule has 0 aliphatic carbocycles. The first-order valence-electron chi connectivity index (χ1n) is 8.54. The van der Waals surface area contributed by atoms with Crippen LogP contribution in [0.1, 0.15) is 11.1 Å². The highest BCUT2D eigenvalue weighted by Crippen LogP contribution is 2.26. The van der Waals surface area contributed by atoms with Crippen LogP contribution in [0.25, 0.3) is 16.9 Å². The van der Waals surface area contributed by atoms with Crippen LogP contribution >= 0.6 is 0 Å². The molecule has 0 radical (unpaired) electrons. The number of fused-ring (bicyclic) bond motifs is 1. The minimum absolute atomic E-state index is 0.390. The highest BCUT2D eigenvalue weighted by molar-refractivity contribution is 5.82. The van der Waals surface area contributed by atoms with E-state index in [1.54, 1.807) is 7.11 Å². The highest BCUT2D eigenvalue weighted by atomic mass is 16.5. The van der Waals surface area contributed by atoms with E-state index in [2.05, 4.69) is 40.2 Å². The maximum Gasteiger partial charge on any atom is 0.207 e. The van der Waals surface area contributed by atoms with Crippen LogP contribution in [0.2, 0.25) is 0 Å². The van der Waals surface area contributed by atoms with Crippen LogP contribution in [0, 0.1) is 13.8 Å². The minimum Gasteiger partial charge on any atom is -0.497 e. The topological polar surface area (TPSA) is 90.9 Å². The molecule has 27 heavy (non-hydrogen) atoms. The molecule has 2 heterocycles. The van der Waals surface area contributed by atoms with E-state index in [1.807, 2.05) is 41.0 Å². The summed E-state index contributed by atoms with van der Waals surface area (Å²) in [5.74, 6) is 2.46. The zero-order valence-electron chi connectivity index (χ0n) is 15.4. The summed E-state index contributed by atoms with van der Waals surface area (Å²) in [4.78, 5) is 13.2. The third-order valence-corrected chi connectivity index (χ3v) is 4.52. The third-order valence-electron chi connectivity index (χ3n) is 4.52. The fraction of sp³-hybridized carbons (Fsp3) is 0.150. The first-order valence-corrected chi connectivity index (χ1v) is 8.54. The van der Waals surface area contributed by atoms with Gasteiger partial charge in [0, 0.05) is 17.8 Å². The van der Waals surface area contributed by atoms with E-state index in [0.29, 0.717) is 17.6 Å². The quantitative estimate of drug-likeness (QED) is 0.576. The number of nitrogen functional groups attached to an aromatic ring is 1. The summed E-state index contributed by atoms with van der Waals surface area (Å²) in [6, 6.07) is 13.6. The molecule has 0 aliphatic heterocycles. The fourth-order valence-electron chi connectivity index (χ4n) is 2.98. The number of aryl methyl sites for hydroxylation is 2. The molecule has 0 fully saturated rings. The second-order valence-electron chi connectivity index (χ2n) is 6.35. The van der Waals surface area contributed by atoms with E-state index >= 15 is 0 Å². The molecule has 0 unspecified atom stereocenters. The number of methoxy groups -OCH3 is 1. The zero-order valence-corrected chi connectivity index (χ0v) is 15.4. The van der Waals surface area contributed by atoms with Gasteiger partial charge in [-0.15, -0.1) is 0 Å². The summed E-state index contributed by atoms with van der Waals surface area (Å²) in [6.07, 6.45) is 1.50. The number of nitrogens with zero attached hydrogens (tertiary/aromatic N) is 4. The average Bonchev–Trinajstić information content (AvgIpc) is 2.97. The summed E-state index contributed by atoms with van der Waals surface area (Å²) in [7, 11) is 1.64. The van der Waals surface area contributed by atoms with Crippen LogP contribution in [0.4, 0.5) is 17.5 Å². The molecule has 0 bridgehead atoms. The molecular formula is C20H20N6O. The van der Waals surface area contributed by atoms with E-state index in [0.717, 1.165) is 22.5 Å². The molecule has 0 atom stereocenters. The lowest BCUT2D eigenvalue weighted by Gasteiger charge is -2.10. The van der Waals surface area contributed by atoms with Crippen LogP contribution in [-0.4, -0.2) is 26.6 Å². The molecule has 2 aromatic heterocycles. The molecule has 0 spiro atoms. The van der Waals surface area contributed by atoms with Gasteiger partial charge >= 0.3 is 0 Å². The summed E-state index contributed by atoms with van der Waals surface area (Å²) in [5.41, 5.74) is 11.2. The lowest BCUT2D eigenvalue weighted by atomic mass is 10.1. The van der Waals surface area contributed by atoms with Gasteiger partial charge in [-0.25, -0.2) is 15.0 Å². The Morgan fingerprint density at radius 1 is 1.04 bits per heavy atom. The van der Waals surface area contributed by atoms with Gasteiger partial charge in [0.1, 0.15) is 23.7 Å². The number of nitrogens with one attached hydrogen (secondary N) is 1. The van der Waals surface area contributed by atoms with Crippen molar-refractivity contribution in [3.05, 3.63) is 59.9 Å². The number of hydrogen-bond acceptors (Lipinski definition) is 6. The minimum atomic E-state index is 0.390. The Morgan fingerprint density at radius 3 is 2.67 bits per heavy atom. The van der Waals surface area contributed by atoms with E-state index in [9.17, 15) is 0 Å². The molecule has 2 aromatic carbocycles. The normalized spacial score (nSPS) is 10.9. The maximum atomic E-state index is 6.18. The number of imidazole rings is 1. The number of aromatic nitrogens is 4. The summed E-state index contributed by atoms with van der Waals surface area (Å²) in [6.45, 7) is 4.13. The summed E-state index contributed by atoms with van der Waals surface area (Å²) in [5, 5.41) is 3.26. The Morgan fingerprint density at radius 2 is 1.85 bits per heavy atom. The third kappa shape index (κ3) is 3.15. The van der Waals surface area contributed by atoms with Gasteiger partial charge in [0.05, 0.1) is 18.1 Å². The summed E-state index contributed by atoms with van der Waals surface area (Å²) < 4.78 is 7.09. The summed E-state index contributed by atoms with van der Waals surface area (Å²) >= 11 is 0. The largest absolute Gasteiger partial charge is 0.497 e. The van der Waals surface area contributed by atoms with Crippen molar-refractivity contribution in [3.63, 3.8) is 0 Å². The number of hydrogen-bond donors (Lipinski definition) is 2. The fourth-order valence-corrected chi connectivity index (χ4v) is 2.98. The van der Waals surface area contributed by atoms with E-state index in [4.69, 9.17) is 10.5 Å². The predicted molar refractivity (Wildman–Crippen MR) is 107 cm³/mol. The molecule has 4 aromatic rings. The maximum absolute atomic E-state index is 6.18. The number of benzene rings is 2. The molecule has 0 saturated heterocycles. The SMILES string of the molecule is COc1cccc(Nc2cc(-n3c(N)nc4cc(C)c(C)cc43)ncn2)c1. The van der Waals surface area contributed by atoms with Crippen molar-refractivity contribution in [1.29, 1.82) is 0 Å². The second kappa shape index (κ2) is 6.60. The van der Waals surface area contributed by atoms with Crippen molar-refractivity contribution < 1.29 is 4.74 Å². The molecule has 136 valence electrons. The van der Waals surface area contributed by atoms with Crippen LogP contribution < -0.4 is 15.8 Å². The van der Waals surface area contributed by atoms with Gasteiger partial charge in [-0.2, -0.15) is 0 Å². The monoisotopic (exact) mass is 360 g/mol. The first-order chi connectivity index (χ1) is 13.0. The smallest absolute Gasteiger partial charge is 0.207 e. The standard InChI is InChI=1S/C20H20N6O/c1-12-7-16-17(8-13(12)2)26(20(21)25-16)19-10-18(22-11-23-19)24-14-5-4-6-15(9-14)27-3/h4-11H,1-3H3,(H2,21,25)(H,22,23,24). The van der Waals surface area contributed by atoms with Gasteiger partial charge in [0.15, 0.2) is 0 Å². The zero-order chi connectivity index (χ0) is 19.0. The predicted octanol–water partition coefficient (Wildman–Crippen LogP) is 3.77. The van der Waals surface area contributed by atoms with Crippen molar-refractivity contribution in [2.24, 2.45) is 0 Å². The van der Waals surface area contributed by atoms with E-state index in [-0.39, 0.29) is 0 Å². The first kappa shape index (κ1) is 16.8. The lowest BCUT2D eigenvalue weighted by molar-refractivity contribution is 0.415. The van der Waals surface area contributed by atoms with Crippen molar-refractivity contribution >= 4 is 28.5 Å². The van der Waals surface area contributed by atoms with Crippen LogP contribution in [0.3, 0.4) is 0 Å². The Bertz CT molecular complexity index is 1130. The lowest BCUT2D eigenvalue weighted by Crippen LogP contribution is -2.04. The molecule has 0 saturated carbocycles. The molecule has 0 amide bonds. The Kier molecular flexibility index (Phi) is 4.12. The van der Waals surface area contributed by atoms with Crippen LogP contribution in [0.15, 0.2) is 48.8 Å². The molecule has 7 nitrogen and oxygen atoms in total. The average molecular weight is 360 g/mol. The second-order valence-corrected chi connectivity index (χ2v) is 6.35. The number of rotatable bonds is 4. The van der Waals surface area contributed by atoms with Gasteiger partial charge in [0.25, 0.3) is 0 Å². The Hall–Kier alpha value is -3.61. The molecule has 4 rings (SSSR count). The number of anilines is 3. The molecule has 0 aliphatic rings. The van der Waals surface area contributed by atoms with Crippen molar-refractivity contribution in [1.82, 2.24) is 19.5 Å². The van der Waals surface area contributed by atoms with Gasteiger partial charge in [-0.3, -0.25) is 4.57 Å². The van der Waals surface area contributed by atoms with Crippen molar-refractivity contribution in [2.45, 2.75) is 13.8 Å². The number of ether oxygens (including phenoxy) is 1. The highest BCUT2D eigenvalue weighted by Gasteiger charge is 2.13. The van der Waals surface area contributed by atoms with Crippen molar-refractivity contribution in [2.75, 3.05) is 18.2 Å². The van der Waals surface area contributed by atoms with Gasteiger partial charge in [-0.1, -0.05) is 6.07 Å². The van der Waals surface area contributed by atoms with Gasteiger partial charge in [-0.05, 0) is 49.2 Å². The number of nitrogens with two attached hydrogens (primary N) is 1. The van der Waals surface area contributed by atoms with E-state index in [1.165, 1.54) is 17.5 Å². The van der Waals surface area contributed by atoms with Crippen LogP contribution in [-0.2, 0) is 0 Å². The van der Waals surface area contributed by atoms with Gasteiger partial charge < -0.3 is 15.8 Å². The van der Waals surface area contributed by atoms with Crippen LogP contribution in [0.5, 0.6) is 5.75 Å².